The number of amides is 1. The number of likely N-dealkylation sites (N-methyl/N-ethyl adjacent to an activating group) is 1. The molecule has 1 aromatic heterocycles. The first-order valence-electron chi connectivity index (χ1n) is 4.39. The number of nitrogens with zero attached hydrogens (tertiary/aromatic N) is 3. The van der Waals surface area contributed by atoms with Gasteiger partial charge in [-0.3, -0.25) is 9.48 Å². The second-order valence-corrected chi connectivity index (χ2v) is 3.51. The van der Waals surface area contributed by atoms with Gasteiger partial charge in [-0.1, -0.05) is 0 Å². The van der Waals surface area contributed by atoms with Crippen LogP contribution < -0.4 is 0 Å². The van der Waals surface area contributed by atoms with E-state index in [2.05, 4.69) is 5.10 Å². The van der Waals surface area contributed by atoms with Gasteiger partial charge in [-0.2, -0.15) is 5.10 Å². The van der Waals surface area contributed by atoms with E-state index in [1.807, 2.05) is 21.0 Å². The lowest BCUT2D eigenvalue weighted by molar-refractivity contribution is 0.0769. The van der Waals surface area contributed by atoms with Crippen LogP contribution in [0.15, 0.2) is 0 Å². The minimum atomic E-state index is 0.0874. The number of hydrogen-bond donors (Lipinski definition) is 0. The molecule has 0 aromatic carbocycles. The van der Waals surface area contributed by atoms with Crippen molar-refractivity contribution in [3.05, 3.63) is 17.0 Å². The Morgan fingerprint density at radius 2 is 2.08 bits per heavy atom. The Hall–Kier alpha value is -1.32. The van der Waals surface area contributed by atoms with Crippen LogP contribution in [-0.2, 0) is 13.5 Å². The van der Waals surface area contributed by atoms with E-state index in [1.165, 1.54) is 0 Å². The quantitative estimate of drug-likeness (QED) is 0.576. The Labute approximate surface area is 77.1 Å². The molecule has 0 spiro atoms. The summed E-state index contributed by atoms with van der Waals surface area (Å²) >= 11 is 0. The van der Waals surface area contributed by atoms with Gasteiger partial charge in [0.05, 0.1) is 5.69 Å². The van der Waals surface area contributed by atoms with E-state index in [9.17, 15) is 4.79 Å². The summed E-state index contributed by atoms with van der Waals surface area (Å²) in [6.45, 7) is 2.76. The van der Waals surface area contributed by atoms with E-state index in [-0.39, 0.29) is 5.91 Å². The second kappa shape index (κ2) is 2.58. The molecule has 0 saturated heterocycles. The van der Waals surface area contributed by atoms with Crippen molar-refractivity contribution in [2.24, 2.45) is 7.05 Å². The molecule has 0 saturated carbocycles. The Bertz CT molecular complexity index is 367. The van der Waals surface area contributed by atoms with Gasteiger partial charge in [-0.15, -0.1) is 0 Å². The molecule has 1 amide bonds. The topological polar surface area (TPSA) is 38.1 Å². The van der Waals surface area contributed by atoms with Gasteiger partial charge >= 0.3 is 0 Å². The van der Waals surface area contributed by atoms with Gasteiger partial charge in [-0.05, 0) is 13.3 Å². The number of fused-ring (bicyclic) bond motifs is 1. The molecule has 0 radical (unpaired) electrons. The molecule has 0 aliphatic carbocycles. The summed E-state index contributed by atoms with van der Waals surface area (Å²) < 4.78 is 1.68. The van der Waals surface area contributed by atoms with Crippen molar-refractivity contribution in [3.8, 4) is 0 Å². The summed E-state index contributed by atoms with van der Waals surface area (Å²) in [7, 11) is 3.65. The molecule has 13 heavy (non-hydrogen) atoms. The number of hydrogen-bond acceptors (Lipinski definition) is 2. The molecule has 2 heterocycles. The molecule has 0 fully saturated rings. The molecule has 0 atom stereocenters. The van der Waals surface area contributed by atoms with Crippen LogP contribution in [-0.4, -0.2) is 34.2 Å². The molecule has 1 aromatic rings. The smallest absolute Gasteiger partial charge is 0.272 e. The van der Waals surface area contributed by atoms with Crippen LogP contribution in [0.4, 0.5) is 0 Å². The first kappa shape index (κ1) is 8.29. The van der Waals surface area contributed by atoms with E-state index >= 15 is 0 Å². The Kier molecular flexibility index (Phi) is 1.65. The van der Waals surface area contributed by atoms with Gasteiger partial charge in [0, 0.05) is 26.2 Å². The van der Waals surface area contributed by atoms with Gasteiger partial charge < -0.3 is 4.90 Å². The fourth-order valence-corrected chi connectivity index (χ4v) is 1.83. The van der Waals surface area contributed by atoms with Crippen molar-refractivity contribution in [1.82, 2.24) is 14.7 Å². The maximum Gasteiger partial charge on any atom is 0.272 e. The summed E-state index contributed by atoms with van der Waals surface area (Å²) in [5.41, 5.74) is 2.86. The lowest BCUT2D eigenvalue weighted by atomic mass is 10.1. The van der Waals surface area contributed by atoms with Crippen LogP contribution in [0.25, 0.3) is 0 Å². The first-order valence-corrected chi connectivity index (χ1v) is 4.39. The van der Waals surface area contributed by atoms with Crippen molar-refractivity contribution < 1.29 is 4.79 Å². The van der Waals surface area contributed by atoms with Gasteiger partial charge in [0.15, 0.2) is 0 Å². The number of rotatable bonds is 0. The zero-order valence-corrected chi connectivity index (χ0v) is 8.16. The zero-order valence-electron chi connectivity index (χ0n) is 8.16. The molecule has 2 rings (SSSR count). The largest absolute Gasteiger partial charge is 0.340 e. The standard InChI is InChI=1S/C9H13N3O/c1-6-7-4-5-11(2)9(13)8(7)12(3)10-6/h4-5H2,1-3H3. The first-order chi connectivity index (χ1) is 6.11. The van der Waals surface area contributed by atoms with E-state index in [4.69, 9.17) is 0 Å². The Balaban J connectivity index is 2.59. The third kappa shape index (κ3) is 1.05. The average Bonchev–Trinajstić information content (AvgIpc) is 2.35. The molecule has 70 valence electrons. The number of aryl methyl sites for hydroxylation is 2. The van der Waals surface area contributed by atoms with Crippen molar-refractivity contribution >= 4 is 5.91 Å². The van der Waals surface area contributed by atoms with Gasteiger partial charge in [0.1, 0.15) is 5.69 Å². The highest BCUT2D eigenvalue weighted by atomic mass is 16.2. The highest BCUT2D eigenvalue weighted by Crippen LogP contribution is 2.19. The fraction of sp³-hybridized carbons (Fsp3) is 0.556. The summed E-state index contributed by atoms with van der Waals surface area (Å²) in [6, 6.07) is 0. The van der Waals surface area contributed by atoms with Gasteiger partial charge in [0.25, 0.3) is 5.91 Å². The van der Waals surface area contributed by atoms with E-state index < -0.39 is 0 Å². The zero-order chi connectivity index (χ0) is 9.59. The van der Waals surface area contributed by atoms with Crippen LogP contribution in [0.5, 0.6) is 0 Å². The Morgan fingerprint density at radius 1 is 1.38 bits per heavy atom. The fourth-order valence-electron chi connectivity index (χ4n) is 1.83. The minimum Gasteiger partial charge on any atom is -0.340 e. The SMILES string of the molecule is Cc1nn(C)c2c1CCN(C)C2=O. The maximum absolute atomic E-state index is 11.7. The number of carbonyl (C=O) groups excluding carboxylic acids is 1. The predicted octanol–water partition coefficient (Wildman–Crippen LogP) is 0.357. The summed E-state index contributed by atoms with van der Waals surface area (Å²) in [4.78, 5) is 13.5. The van der Waals surface area contributed by atoms with E-state index in [1.54, 1.807) is 9.58 Å². The highest BCUT2D eigenvalue weighted by molar-refractivity contribution is 5.95. The minimum absolute atomic E-state index is 0.0874. The molecule has 1 aliphatic heterocycles. The molecule has 4 heteroatoms. The second-order valence-electron chi connectivity index (χ2n) is 3.51. The molecular weight excluding hydrogens is 166 g/mol. The van der Waals surface area contributed by atoms with Crippen LogP contribution in [0.2, 0.25) is 0 Å². The number of carbonyl (C=O) groups is 1. The molecule has 1 aliphatic rings. The van der Waals surface area contributed by atoms with Crippen LogP contribution in [0.1, 0.15) is 21.7 Å². The lowest BCUT2D eigenvalue weighted by Gasteiger charge is -2.22. The third-order valence-corrected chi connectivity index (χ3v) is 2.59. The predicted molar refractivity (Wildman–Crippen MR) is 48.6 cm³/mol. The van der Waals surface area contributed by atoms with Crippen molar-refractivity contribution in [1.29, 1.82) is 0 Å². The van der Waals surface area contributed by atoms with Gasteiger partial charge in [-0.25, -0.2) is 0 Å². The van der Waals surface area contributed by atoms with Crippen molar-refractivity contribution in [2.75, 3.05) is 13.6 Å². The average molecular weight is 179 g/mol. The normalized spacial score (nSPS) is 16.2. The van der Waals surface area contributed by atoms with E-state index in [0.29, 0.717) is 0 Å². The highest BCUT2D eigenvalue weighted by Gasteiger charge is 2.26. The monoisotopic (exact) mass is 179 g/mol. The molecule has 0 unspecified atom stereocenters. The third-order valence-electron chi connectivity index (χ3n) is 2.59. The summed E-state index contributed by atoms with van der Waals surface area (Å²) in [5, 5.41) is 4.25. The number of aromatic nitrogens is 2. The molecule has 4 nitrogen and oxygen atoms in total. The van der Waals surface area contributed by atoms with Crippen LogP contribution in [0.3, 0.4) is 0 Å². The van der Waals surface area contributed by atoms with Crippen LogP contribution >= 0.6 is 0 Å². The Morgan fingerprint density at radius 3 is 2.77 bits per heavy atom. The lowest BCUT2D eigenvalue weighted by Crippen LogP contribution is -2.35. The summed E-state index contributed by atoms with van der Waals surface area (Å²) in [6.07, 6.45) is 0.928. The summed E-state index contributed by atoms with van der Waals surface area (Å²) in [5.74, 6) is 0.0874. The van der Waals surface area contributed by atoms with E-state index in [0.717, 1.165) is 29.9 Å². The maximum atomic E-state index is 11.7. The van der Waals surface area contributed by atoms with Crippen molar-refractivity contribution in [3.63, 3.8) is 0 Å². The van der Waals surface area contributed by atoms with Gasteiger partial charge in [0.2, 0.25) is 0 Å². The molecule has 0 N–H and O–H groups in total. The van der Waals surface area contributed by atoms with Crippen molar-refractivity contribution in [2.45, 2.75) is 13.3 Å². The molecular formula is C9H13N3O. The van der Waals surface area contributed by atoms with Crippen LogP contribution in [0, 0.1) is 6.92 Å². The molecule has 0 bridgehead atoms.